The first-order chi connectivity index (χ1) is 11.1. The van der Waals surface area contributed by atoms with E-state index in [0.29, 0.717) is 0 Å². The van der Waals surface area contributed by atoms with Crippen LogP contribution in [0.2, 0.25) is 0 Å². The summed E-state index contributed by atoms with van der Waals surface area (Å²) in [6.07, 6.45) is -5.22. The summed E-state index contributed by atoms with van der Waals surface area (Å²) in [5.74, 6) is -4.34. The van der Waals surface area contributed by atoms with Crippen LogP contribution in [0, 0.1) is 0 Å². The summed E-state index contributed by atoms with van der Waals surface area (Å²) in [6, 6.07) is 1.69. The van der Waals surface area contributed by atoms with Gasteiger partial charge in [-0.3, -0.25) is 4.79 Å². The molecule has 136 valence electrons. The van der Waals surface area contributed by atoms with Gasteiger partial charge in [0.05, 0.1) is 12.2 Å². The Morgan fingerprint density at radius 1 is 0.958 bits per heavy atom. The van der Waals surface area contributed by atoms with Crippen LogP contribution in [0.4, 0.5) is 0 Å². The molecule has 0 aromatic heterocycles. The number of benzene rings is 1. The number of ketones is 1. The van der Waals surface area contributed by atoms with E-state index in [0.717, 1.165) is 12.1 Å². The highest BCUT2D eigenvalue weighted by Gasteiger charge is 2.28. The van der Waals surface area contributed by atoms with E-state index in [-0.39, 0.29) is 5.56 Å². The molecule has 11 nitrogen and oxygen atoms in total. The van der Waals surface area contributed by atoms with Crippen LogP contribution in [-0.2, 0) is 4.79 Å². The van der Waals surface area contributed by atoms with E-state index < -0.39 is 60.5 Å². The number of aliphatic hydroxyl groups excluding tert-OH is 5. The number of hydrogen-bond donors (Lipinski definition) is 9. The summed E-state index contributed by atoms with van der Waals surface area (Å²) >= 11 is 0. The van der Waals surface area contributed by atoms with Crippen molar-refractivity contribution in [1.29, 1.82) is 0 Å². The van der Waals surface area contributed by atoms with Crippen LogP contribution in [0.5, 0.6) is 17.2 Å². The molecule has 0 spiro atoms. The quantitative estimate of drug-likeness (QED) is 0.237. The predicted molar refractivity (Wildman–Crippen MR) is 75.6 cm³/mol. The Morgan fingerprint density at radius 3 is 1.75 bits per heavy atom. The maximum absolute atomic E-state index is 10.5. The van der Waals surface area contributed by atoms with Crippen molar-refractivity contribution in [3.8, 4) is 17.2 Å². The zero-order chi connectivity index (χ0) is 19.0. The molecule has 1 rings (SSSR count). The Balaban J connectivity index is 0.000000441. The van der Waals surface area contributed by atoms with Crippen LogP contribution < -0.4 is 0 Å². The van der Waals surface area contributed by atoms with Gasteiger partial charge in [0.1, 0.15) is 24.9 Å². The monoisotopic (exact) mass is 350 g/mol. The summed E-state index contributed by atoms with van der Waals surface area (Å²) in [6.45, 7) is -1.69. The second-order valence-corrected chi connectivity index (χ2v) is 4.48. The molecule has 0 saturated heterocycles. The molecule has 0 saturated carbocycles. The maximum Gasteiger partial charge on any atom is 0.335 e. The molecule has 1 aromatic rings. The second kappa shape index (κ2) is 9.64. The number of rotatable bonds is 6. The molecule has 0 amide bonds. The van der Waals surface area contributed by atoms with Gasteiger partial charge >= 0.3 is 5.97 Å². The molecule has 3 unspecified atom stereocenters. The van der Waals surface area contributed by atoms with Crippen molar-refractivity contribution in [2.24, 2.45) is 0 Å². The average molecular weight is 350 g/mol. The molecule has 1 aromatic carbocycles. The van der Waals surface area contributed by atoms with Crippen LogP contribution in [0.3, 0.4) is 0 Å². The molecule has 0 fully saturated rings. The first-order valence-electron chi connectivity index (χ1n) is 6.33. The fraction of sp³-hybridized carbons (Fsp3) is 0.385. The number of carboxylic acid groups (broad SMARTS) is 1. The van der Waals surface area contributed by atoms with E-state index in [9.17, 15) is 9.59 Å². The number of phenols is 3. The molecular formula is C13H18O11. The topological polar surface area (TPSA) is 216 Å². The summed E-state index contributed by atoms with van der Waals surface area (Å²) in [5.41, 5.74) is -0.289. The highest BCUT2D eigenvalue weighted by Crippen LogP contribution is 2.35. The van der Waals surface area contributed by atoms with Crippen molar-refractivity contribution in [3.05, 3.63) is 17.7 Å². The number of hydrogen-bond acceptors (Lipinski definition) is 10. The van der Waals surface area contributed by atoms with Crippen molar-refractivity contribution in [2.45, 2.75) is 18.3 Å². The highest BCUT2D eigenvalue weighted by atomic mass is 16.4. The van der Waals surface area contributed by atoms with Gasteiger partial charge in [-0.05, 0) is 12.1 Å². The third-order valence-electron chi connectivity index (χ3n) is 2.71. The van der Waals surface area contributed by atoms with Gasteiger partial charge < -0.3 is 46.0 Å². The lowest BCUT2D eigenvalue weighted by Gasteiger charge is -2.19. The zero-order valence-corrected chi connectivity index (χ0v) is 12.1. The zero-order valence-electron chi connectivity index (χ0n) is 12.1. The number of phenolic OH excluding ortho intramolecular Hbond substituents is 3. The standard InChI is InChI=1S/C7H6O5.C6H12O6/c8-4-1-3(7(11)12)2-5(9)6(4)10;7-1-3(9)5(11)6(12)4(10)2-8/h1-2,8-10H,(H,11,12);3,5-9,11-12H,1-2H2. The number of aliphatic hydroxyl groups is 5. The van der Waals surface area contributed by atoms with Crippen molar-refractivity contribution in [2.75, 3.05) is 13.2 Å². The second-order valence-electron chi connectivity index (χ2n) is 4.48. The molecule has 24 heavy (non-hydrogen) atoms. The van der Waals surface area contributed by atoms with Gasteiger partial charge in [0.2, 0.25) is 0 Å². The van der Waals surface area contributed by atoms with Crippen LogP contribution in [-0.4, -0.2) is 89.2 Å². The number of carbonyl (C=O) groups excluding carboxylic acids is 1. The molecule has 0 radical (unpaired) electrons. The minimum Gasteiger partial charge on any atom is -0.504 e. The van der Waals surface area contributed by atoms with Gasteiger partial charge in [0.15, 0.2) is 23.0 Å². The first kappa shape index (κ1) is 21.6. The number of Topliss-reactive ketones (excluding diaryl/α,β-unsaturated/α-hetero) is 1. The van der Waals surface area contributed by atoms with Crippen LogP contribution >= 0.6 is 0 Å². The number of aromatic carboxylic acids is 1. The van der Waals surface area contributed by atoms with Crippen LogP contribution in [0.1, 0.15) is 10.4 Å². The Morgan fingerprint density at radius 2 is 1.42 bits per heavy atom. The van der Waals surface area contributed by atoms with Crippen LogP contribution in [0.25, 0.3) is 0 Å². The van der Waals surface area contributed by atoms with Gasteiger partial charge in [0.25, 0.3) is 0 Å². The lowest BCUT2D eigenvalue weighted by molar-refractivity contribution is -0.142. The summed E-state index contributed by atoms with van der Waals surface area (Å²) in [4.78, 5) is 20.8. The number of carbonyl (C=O) groups is 2. The normalized spacial score (nSPS) is 14.0. The van der Waals surface area contributed by atoms with Gasteiger partial charge in [-0.2, -0.15) is 0 Å². The molecule has 3 atom stereocenters. The van der Waals surface area contributed by atoms with E-state index >= 15 is 0 Å². The molecule has 0 aliphatic rings. The molecule has 0 aliphatic carbocycles. The van der Waals surface area contributed by atoms with E-state index in [4.69, 9.17) is 46.0 Å². The Kier molecular flexibility index (Phi) is 8.66. The molecular weight excluding hydrogens is 332 g/mol. The summed E-state index contributed by atoms with van der Waals surface area (Å²) in [7, 11) is 0. The molecule has 0 aliphatic heterocycles. The molecule has 11 heteroatoms. The van der Waals surface area contributed by atoms with Gasteiger partial charge in [-0.15, -0.1) is 0 Å². The lowest BCUT2D eigenvalue weighted by Crippen LogP contribution is -2.44. The van der Waals surface area contributed by atoms with E-state index in [1.165, 1.54) is 0 Å². The first-order valence-corrected chi connectivity index (χ1v) is 6.33. The minimum absolute atomic E-state index is 0.289. The van der Waals surface area contributed by atoms with Crippen molar-refractivity contribution < 1.29 is 55.5 Å². The van der Waals surface area contributed by atoms with Crippen LogP contribution in [0.15, 0.2) is 12.1 Å². The molecule has 9 N–H and O–H groups in total. The summed E-state index contributed by atoms with van der Waals surface area (Å²) < 4.78 is 0. The lowest BCUT2D eigenvalue weighted by atomic mass is 10.1. The highest BCUT2D eigenvalue weighted by molar-refractivity contribution is 5.89. The van der Waals surface area contributed by atoms with Crippen molar-refractivity contribution in [1.82, 2.24) is 0 Å². The SMILES string of the molecule is O=C(CO)C(O)C(O)C(O)CO.O=C(O)c1cc(O)c(O)c(O)c1. The molecule has 0 heterocycles. The smallest absolute Gasteiger partial charge is 0.335 e. The van der Waals surface area contributed by atoms with E-state index in [1.807, 2.05) is 0 Å². The Hall–Kier alpha value is -2.44. The largest absolute Gasteiger partial charge is 0.504 e. The Bertz CT molecular complexity index is 548. The van der Waals surface area contributed by atoms with Crippen molar-refractivity contribution in [3.63, 3.8) is 0 Å². The number of aromatic hydroxyl groups is 3. The maximum atomic E-state index is 10.5. The number of carboxylic acids is 1. The van der Waals surface area contributed by atoms with E-state index in [2.05, 4.69) is 0 Å². The van der Waals surface area contributed by atoms with Gasteiger partial charge in [0, 0.05) is 0 Å². The average Bonchev–Trinajstić information content (AvgIpc) is 2.56. The van der Waals surface area contributed by atoms with Gasteiger partial charge in [-0.1, -0.05) is 0 Å². The summed E-state index contributed by atoms with van der Waals surface area (Å²) in [5, 5.41) is 78.0. The fourth-order valence-corrected chi connectivity index (χ4v) is 1.33. The Labute approximate surface area is 134 Å². The third-order valence-corrected chi connectivity index (χ3v) is 2.71. The predicted octanol–water partition coefficient (Wildman–Crippen LogP) is -2.88. The minimum atomic E-state index is -1.86. The van der Waals surface area contributed by atoms with Gasteiger partial charge in [-0.25, -0.2) is 4.79 Å². The molecule has 0 bridgehead atoms. The van der Waals surface area contributed by atoms with E-state index in [1.54, 1.807) is 0 Å². The van der Waals surface area contributed by atoms with Crippen molar-refractivity contribution >= 4 is 11.8 Å². The fourth-order valence-electron chi connectivity index (χ4n) is 1.33. The third kappa shape index (κ3) is 5.98.